The van der Waals surface area contributed by atoms with E-state index in [2.05, 4.69) is 21.0 Å². The second-order valence-corrected chi connectivity index (χ2v) is 9.24. The van der Waals surface area contributed by atoms with Crippen LogP contribution in [0.5, 0.6) is 0 Å². The van der Waals surface area contributed by atoms with Gasteiger partial charge in [0.1, 0.15) is 6.10 Å². The second kappa shape index (κ2) is 11.5. The van der Waals surface area contributed by atoms with Crippen molar-refractivity contribution in [1.82, 2.24) is 9.80 Å². The number of halogens is 2. The summed E-state index contributed by atoms with van der Waals surface area (Å²) < 4.78 is 5.41. The predicted octanol–water partition coefficient (Wildman–Crippen LogP) is 3.68. The monoisotopic (exact) mass is 477 g/mol. The molecule has 4 rings (SSSR count). The quantitative estimate of drug-likeness (QED) is 0.596. The number of benzene rings is 2. The number of rotatable bonds is 9. The summed E-state index contributed by atoms with van der Waals surface area (Å²) in [6.07, 6.45) is 0.175. The molecule has 2 atom stereocenters. The van der Waals surface area contributed by atoms with E-state index in [1.54, 1.807) is 0 Å². The maximum Gasteiger partial charge on any atom is 0.145 e. The smallest absolute Gasteiger partial charge is 0.145 e. The number of hydrogen-bond donors (Lipinski definition) is 1. The van der Waals surface area contributed by atoms with Crippen molar-refractivity contribution in [2.45, 2.75) is 25.2 Å². The first-order chi connectivity index (χ1) is 15.5. The Balaban J connectivity index is 1.37. The van der Waals surface area contributed by atoms with E-state index >= 15 is 0 Å². The molecule has 2 aliphatic heterocycles. The summed E-state index contributed by atoms with van der Waals surface area (Å²) in [5.74, 6) is 0. The molecular formula is C24H29Cl2N3O3. The van der Waals surface area contributed by atoms with Crippen LogP contribution in [0.3, 0.4) is 0 Å². The zero-order valence-corrected chi connectivity index (χ0v) is 19.5. The number of nitrogens with zero attached hydrogens (tertiary/aromatic N) is 3. The molecule has 2 unspecified atom stereocenters. The van der Waals surface area contributed by atoms with E-state index in [0.717, 1.165) is 43.1 Å². The van der Waals surface area contributed by atoms with Crippen LogP contribution in [-0.4, -0.2) is 78.8 Å². The van der Waals surface area contributed by atoms with E-state index in [4.69, 9.17) is 32.8 Å². The molecule has 0 aromatic heterocycles. The van der Waals surface area contributed by atoms with Crippen LogP contribution >= 0.6 is 23.2 Å². The zero-order chi connectivity index (χ0) is 22.3. The van der Waals surface area contributed by atoms with Gasteiger partial charge in [0, 0.05) is 55.7 Å². The van der Waals surface area contributed by atoms with E-state index in [-0.39, 0.29) is 6.10 Å². The number of ether oxygens (including phenoxy) is 1. The number of oxime groups is 1. The molecule has 2 heterocycles. The third-order valence-electron chi connectivity index (χ3n) is 5.71. The number of morpholine rings is 1. The fourth-order valence-electron chi connectivity index (χ4n) is 4.16. The third-order valence-corrected chi connectivity index (χ3v) is 6.20. The van der Waals surface area contributed by atoms with Gasteiger partial charge in [-0.15, -0.1) is 0 Å². The van der Waals surface area contributed by atoms with Gasteiger partial charge in [0.05, 0.1) is 25.0 Å². The molecule has 172 valence electrons. The average molecular weight is 478 g/mol. The van der Waals surface area contributed by atoms with Crippen molar-refractivity contribution < 1.29 is 14.7 Å². The molecule has 0 aliphatic carbocycles. The molecule has 1 fully saturated rings. The highest BCUT2D eigenvalue weighted by atomic mass is 35.5. The topological polar surface area (TPSA) is 57.5 Å². The number of aliphatic hydroxyl groups is 1. The highest BCUT2D eigenvalue weighted by Gasteiger charge is 2.26. The summed E-state index contributed by atoms with van der Waals surface area (Å²) in [7, 11) is 0. The van der Waals surface area contributed by atoms with Crippen molar-refractivity contribution in [3.8, 4) is 0 Å². The SMILES string of the molecule is OC(CN1CCOCC1)CN(Cc1cccc(Cl)c1)CC1CC(c2ccc(Cl)cc2)=NO1. The Morgan fingerprint density at radius 3 is 2.62 bits per heavy atom. The van der Waals surface area contributed by atoms with Gasteiger partial charge in [-0.1, -0.05) is 52.6 Å². The van der Waals surface area contributed by atoms with Gasteiger partial charge in [-0.3, -0.25) is 9.80 Å². The fraction of sp³-hybridized carbons (Fsp3) is 0.458. The Bertz CT molecular complexity index is 904. The van der Waals surface area contributed by atoms with Crippen LogP contribution < -0.4 is 0 Å². The van der Waals surface area contributed by atoms with E-state index < -0.39 is 6.10 Å². The molecule has 0 spiro atoms. The molecule has 2 aromatic carbocycles. The van der Waals surface area contributed by atoms with Crippen LogP contribution in [0.15, 0.2) is 53.7 Å². The van der Waals surface area contributed by atoms with Crippen LogP contribution in [0.25, 0.3) is 0 Å². The fourth-order valence-corrected chi connectivity index (χ4v) is 4.50. The molecular weight excluding hydrogens is 449 g/mol. The molecule has 2 aliphatic rings. The normalized spacial score (nSPS) is 20.2. The lowest BCUT2D eigenvalue weighted by Crippen LogP contribution is -2.45. The minimum absolute atomic E-state index is 0.0737. The van der Waals surface area contributed by atoms with Crippen molar-refractivity contribution in [1.29, 1.82) is 0 Å². The van der Waals surface area contributed by atoms with Crippen LogP contribution in [0, 0.1) is 0 Å². The molecule has 0 bridgehead atoms. The minimum atomic E-state index is -0.467. The Labute approximate surface area is 199 Å². The van der Waals surface area contributed by atoms with Crippen molar-refractivity contribution in [2.24, 2.45) is 5.16 Å². The van der Waals surface area contributed by atoms with Gasteiger partial charge in [0.25, 0.3) is 0 Å². The Morgan fingerprint density at radius 1 is 1.09 bits per heavy atom. The summed E-state index contributed by atoms with van der Waals surface area (Å²) in [5.41, 5.74) is 3.04. The maximum atomic E-state index is 10.8. The maximum absolute atomic E-state index is 10.8. The van der Waals surface area contributed by atoms with Crippen LogP contribution in [0.1, 0.15) is 17.5 Å². The Kier molecular flexibility index (Phi) is 8.41. The van der Waals surface area contributed by atoms with Crippen molar-refractivity contribution in [3.63, 3.8) is 0 Å². The van der Waals surface area contributed by atoms with Crippen LogP contribution in [0.4, 0.5) is 0 Å². The zero-order valence-electron chi connectivity index (χ0n) is 18.0. The first-order valence-electron chi connectivity index (χ1n) is 11.0. The van der Waals surface area contributed by atoms with Gasteiger partial charge in [-0.25, -0.2) is 0 Å². The summed E-state index contributed by atoms with van der Waals surface area (Å²) in [6, 6.07) is 15.5. The van der Waals surface area contributed by atoms with Gasteiger partial charge in [-0.2, -0.15) is 0 Å². The van der Waals surface area contributed by atoms with E-state index in [1.807, 2.05) is 42.5 Å². The molecule has 8 heteroatoms. The lowest BCUT2D eigenvalue weighted by atomic mass is 10.0. The van der Waals surface area contributed by atoms with Gasteiger partial charge < -0.3 is 14.7 Å². The molecule has 32 heavy (non-hydrogen) atoms. The molecule has 0 saturated carbocycles. The minimum Gasteiger partial charge on any atom is -0.390 e. The first-order valence-corrected chi connectivity index (χ1v) is 11.7. The van der Waals surface area contributed by atoms with Crippen molar-refractivity contribution in [2.75, 3.05) is 45.9 Å². The van der Waals surface area contributed by atoms with E-state index in [9.17, 15) is 5.11 Å². The Hall–Kier alpha value is -1.67. The first kappa shape index (κ1) is 23.5. The van der Waals surface area contributed by atoms with Gasteiger partial charge in [-0.05, 0) is 35.4 Å². The molecule has 6 nitrogen and oxygen atoms in total. The summed E-state index contributed by atoms with van der Waals surface area (Å²) in [6.45, 7) is 5.67. The van der Waals surface area contributed by atoms with Crippen molar-refractivity contribution in [3.05, 3.63) is 69.7 Å². The highest BCUT2D eigenvalue weighted by Crippen LogP contribution is 2.21. The second-order valence-electron chi connectivity index (χ2n) is 8.37. The Morgan fingerprint density at radius 2 is 1.88 bits per heavy atom. The highest BCUT2D eigenvalue weighted by molar-refractivity contribution is 6.31. The standard InChI is InChI=1S/C24H29Cl2N3O3/c25-20-6-4-19(5-7-20)24-13-23(32-27-24)17-29(14-18-2-1-3-21(26)12-18)16-22(30)15-28-8-10-31-11-9-28/h1-7,12,22-23,30H,8-11,13-17H2. The molecule has 0 amide bonds. The summed E-state index contributed by atoms with van der Waals surface area (Å²) >= 11 is 12.2. The van der Waals surface area contributed by atoms with E-state index in [0.29, 0.717) is 42.6 Å². The van der Waals surface area contributed by atoms with Gasteiger partial charge >= 0.3 is 0 Å². The number of aliphatic hydroxyl groups excluding tert-OH is 1. The van der Waals surface area contributed by atoms with Gasteiger partial charge in [0.15, 0.2) is 0 Å². The molecule has 1 saturated heterocycles. The van der Waals surface area contributed by atoms with Crippen molar-refractivity contribution >= 4 is 28.9 Å². The van der Waals surface area contributed by atoms with E-state index in [1.165, 1.54) is 0 Å². The summed E-state index contributed by atoms with van der Waals surface area (Å²) in [5, 5.41) is 16.5. The number of hydrogen-bond acceptors (Lipinski definition) is 6. The number of β-amino-alcohol motifs (C(OH)–C–C–N with tert-alkyl or cyclic N) is 1. The largest absolute Gasteiger partial charge is 0.390 e. The van der Waals surface area contributed by atoms with Gasteiger partial charge in [0.2, 0.25) is 0 Å². The predicted molar refractivity (Wildman–Crippen MR) is 127 cm³/mol. The third kappa shape index (κ3) is 6.91. The average Bonchev–Trinajstić information content (AvgIpc) is 3.23. The molecule has 2 aromatic rings. The summed E-state index contributed by atoms with van der Waals surface area (Å²) in [4.78, 5) is 10.2. The lowest BCUT2D eigenvalue weighted by molar-refractivity contribution is -0.00265. The lowest BCUT2D eigenvalue weighted by Gasteiger charge is -2.31. The van der Waals surface area contributed by atoms with Crippen LogP contribution in [-0.2, 0) is 16.1 Å². The molecule has 0 radical (unpaired) electrons. The van der Waals surface area contributed by atoms with Crippen LogP contribution in [0.2, 0.25) is 10.0 Å². The molecule has 1 N–H and O–H groups in total.